The number of carbonyl (C=O) groups is 1. The molecule has 0 amide bonds. The van der Waals surface area contributed by atoms with E-state index in [-0.39, 0.29) is 4.88 Å². The Morgan fingerprint density at radius 1 is 1.29 bits per heavy atom. The van der Waals surface area contributed by atoms with Crippen molar-refractivity contribution in [1.29, 1.82) is 0 Å². The fraction of sp³-hybridized carbons (Fsp3) is 0.167. The summed E-state index contributed by atoms with van der Waals surface area (Å²) in [5.74, 6) is -0.948. The predicted molar refractivity (Wildman–Crippen MR) is 68.3 cm³/mol. The quantitative estimate of drug-likeness (QED) is 0.875. The zero-order chi connectivity index (χ0) is 12.4. The van der Waals surface area contributed by atoms with E-state index in [0.29, 0.717) is 5.13 Å². The molecule has 0 radical (unpaired) electrons. The van der Waals surface area contributed by atoms with Gasteiger partial charge in [-0.15, -0.1) is 0 Å². The van der Waals surface area contributed by atoms with Crippen LogP contribution in [0.25, 0.3) is 0 Å². The van der Waals surface area contributed by atoms with E-state index in [2.05, 4.69) is 16.4 Å². The first kappa shape index (κ1) is 11.6. The standard InChI is InChI=1S/C12H12N2O2S/c1-7-3-8(2)5-9(4-7)14-12-13-6-10(17-12)11(15)16/h3-6H,1-2H3,(H,13,14)(H,15,16). The lowest BCUT2D eigenvalue weighted by Crippen LogP contribution is -1.91. The lowest BCUT2D eigenvalue weighted by atomic mass is 10.1. The number of carboxylic acid groups (broad SMARTS) is 1. The number of rotatable bonds is 3. The molecule has 0 spiro atoms. The molecule has 5 heteroatoms. The van der Waals surface area contributed by atoms with Crippen LogP contribution in [0.1, 0.15) is 20.8 Å². The van der Waals surface area contributed by atoms with Gasteiger partial charge in [0.05, 0.1) is 6.20 Å². The van der Waals surface area contributed by atoms with Crippen molar-refractivity contribution in [3.63, 3.8) is 0 Å². The van der Waals surface area contributed by atoms with Gasteiger partial charge in [0.1, 0.15) is 4.88 Å². The van der Waals surface area contributed by atoms with Crippen molar-refractivity contribution in [1.82, 2.24) is 4.98 Å². The fourth-order valence-corrected chi connectivity index (χ4v) is 2.28. The van der Waals surface area contributed by atoms with E-state index in [9.17, 15) is 4.79 Å². The predicted octanol–water partition coefficient (Wildman–Crippen LogP) is 3.20. The molecule has 0 unspecified atom stereocenters. The van der Waals surface area contributed by atoms with E-state index < -0.39 is 5.97 Å². The van der Waals surface area contributed by atoms with Gasteiger partial charge in [-0.05, 0) is 37.1 Å². The van der Waals surface area contributed by atoms with Crippen LogP contribution in [-0.4, -0.2) is 16.1 Å². The number of thiazole rings is 1. The zero-order valence-electron chi connectivity index (χ0n) is 9.52. The summed E-state index contributed by atoms with van der Waals surface area (Å²) in [6.45, 7) is 4.03. The number of nitrogens with one attached hydrogen (secondary N) is 1. The molecule has 0 aliphatic heterocycles. The van der Waals surface area contributed by atoms with Crippen molar-refractivity contribution in [2.24, 2.45) is 0 Å². The molecule has 17 heavy (non-hydrogen) atoms. The van der Waals surface area contributed by atoms with Gasteiger partial charge in [0, 0.05) is 5.69 Å². The Hall–Kier alpha value is -1.88. The highest BCUT2D eigenvalue weighted by Gasteiger charge is 2.08. The van der Waals surface area contributed by atoms with Crippen molar-refractivity contribution in [3.05, 3.63) is 40.4 Å². The maximum atomic E-state index is 10.7. The lowest BCUT2D eigenvalue weighted by molar-refractivity contribution is 0.0702. The first-order valence-electron chi connectivity index (χ1n) is 5.09. The van der Waals surface area contributed by atoms with E-state index in [0.717, 1.165) is 28.2 Å². The number of benzene rings is 1. The average Bonchev–Trinajstić information content (AvgIpc) is 2.64. The van der Waals surface area contributed by atoms with Gasteiger partial charge in [-0.2, -0.15) is 0 Å². The van der Waals surface area contributed by atoms with Gasteiger partial charge >= 0.3 is 5.97 Å². The molecule has 4 nitrogen and oxygen atoms in total. The van der Waals surface area contributed by atoms with Crippen molar-refractivity contribution < 1.29 is 9.90 Å². The van der Waals surface area contributed by atoms with Crippen LogP contribution in [0.5, 0.6) is 0 Å². The van der Waals surface area contributed by atoms with Crippen molar-refractivity contribution in [3.8, 4) is 0 Å². The summed E-state index contributed by atoms with van der Waals surface area (Å²) in [6.07, 6.45) is 1.36. The van der Waals surface area contributed by atoms with Crippen LogP contribution in [0.3, 0.4) is 0 Å². The first-order chi connectivity index (χ1) is 8.04. The van der Waals surface area contributed by atoms with Gasteiger partial charge in [-0.1, -0.05) is 17.4 Å². The fourth-order valence-electron chi connectivity index (χ4n) is 1.60. The summed E-state index contributed by atoms with van der Waals surface area (Å²) in [7, 11) is 0. The minimum absolute atomic E-state index is 0.233. The van der Waals surface area contributed by atoms with Crippen molar-refractivity contribution in [2.45, 2.75) is 13.8 Å². The monoisotopic (exact) mass is 248 g/mol. The third-order valence-electron chi connectivity index (χ3n) is 2.19. The molecule has 2 aromatic rings. The van der Waals surface area contributed by atoms with Crippen LogP contribution in [-0.2, 0) is 0 Å². The number of aromatic carboxylic acids is 1. The maximum Gasteiger partial charge on any atom is 0.347 e. The van der Waals surface area contributed by atoms with Gasteiger partial charge in [0.2, 0.25) is 0 Å². The molecule has 88 valence electrons. The minimum atomic E-state index is -0.948. The molecule has 0 fully saturated rings. The number of carboxylic acids is 1. The Kier molecular flexibility index (Phi) is 3.10. The second kappa shape index (κ2) is 4.55. The molecule has 1 aromatic heterocycles. The van der Waals surface area contributed by atoms with E-state index >= 15 is 0 Å². The smallest absolute Gasteiger partial charge is 0.347 e. The van der Waals surface area contributed by atoms with E-state index in [4.69, 9.17) is 5.11 Å². The van der Waals surface area contributed by atoms with Crippen LogP contribution in [0.15, 0.2) is 24.4 Å². The van der Waals surface area contributed by atoms with Crippen LogP contribution in [0.2, 0.25) is 0 Å². The van der Waals surface area contributed by atoms with Gasteiger partial charge in [0.15, 0.2) is 5.13 Å². The lowest BCUT2D eigenvalue weighted by Gasteiger charge is -2.05. The van der Waals surface area contributed by atoms with Crippen LogP contribution in [0.4, 0.5) is 10.8 Å². The first-order valence-corrected chi connectivity index (χ1v) is 5.91. The molecule has 0 saturated carbocycles. The second-order valence-electron chi connectivity index (χ2n) is 3.84. The van der Waals surface area contributed by atoms with Gasteiger partial charge < -0.3 is 10.4 Å². The Labute approximate surface area is 103 Å². The molecular weight excluding hydrogens is 236 g/mol. The van der Waals surface area contributed by atoms with Gasteiger partial charge in [-0.3, -0.25) is 0 Å². The molecule has 1 heterocycles. The van der Waals surface area contributed by atoms with E-state index in [1.165, 1.54) is 6.20 Å². The SMILES string of the molecule is Cc1cc(C)cc(Nc2ncc(C(=O)O)s2)c1. The summed E-state index contributed by atoms with van der Waals surface area (Å²) in [6, 6.07) is 6.07. The van der Waals surface area contributed by atoms with Crippen molar-refractivity contribution in [2.75, 3.05) is 5.32 Å². The number of nitrogens with zero attached hydrogens (tertiary/aromatic N) is 1. The van der Waals surface area contributed by atoms with Crippen LogP contribution in [0, 0.1) is 13.8 Å². The third kappa shape index (κ3) is 2.82. The molecule has 2 N–H and O–H groups in total. The highest BCUT2D eigenvalue weighted by atomic mass is 32.1. The summed E-state index contributed by atoms with van der Waals surface area (Å²) < 4.78 is 0. The summed E-state index contributed by atoms with van der Waals surface area (Å²) >= 11 is 1.13. The number of aryl methyl sites for hydroxylation is 2. The Balaban J connectivity index is 2.22. The zero-order valence-corrected chi connectivity index (χ0v) is 10.3. The highest BCUT2D eigenvalue weighted by Crippen LogP contribution is 2.23. The number of hydrogen-bond acceptors (Lipinski definition) is 4. The Bertz CT molecular complexity index is 543. The number of aromatic nitrogens is 1. The molecule has 0 atom stereocenters. The minimum Gasteiger partial charge on any atom is -0.477 e. The molecule has 0 bridgehead atoms. The van der Waals surface area contributed by atoms with Crippen molar-refractivity contribution >= 4 is 28.1 Å². The molecule has 0 saturated heterocycles. The summed E-state index contributed by atoms with van der Waals surface area (Å²) in [5.41, 5.74) is 3.24. The molecule has 1 aromatic carbocycles. The molecule has 0 aliphatic carbocycles. The normalized spacial score (nSPS) is 10.2. The molecule has 0 aliphatic rings. The molecular formula is C12H12N2O2S. The maximum absolute atomic E-state index is 10.7. The Morgan fingerprint density at radius 2 is 1.94 bits per heavy atom. The highest BCUT2D eigenvalue weighted by molar-refractivity contribution is 7.17. The Morgan fingerprint density at radius 3 is 2.47 bits per heavy atom. The van der Waals surface area contributed by atoms with Crippen LogP contribution >= 0.6 is 11.3 Å². The average molecular weight is 248 g/mol. The van der Waals surface area contributed by atoms with E-state index in [1.807, 2.05) is 26.0 Å². The number of anilines is 2. The van der Waals surface area contributed by atoms with Gasteiger partial charge in [0.25, 0.3) is 0 Å². The summed E-state index contributed by atoms with van der Waals surface area (Å²) in [4.78, 5) is 15.0. The second-order valence-corrected chi connectivity index (χ2v) is 4.87. The largest absolute Gasteiger partial charge is 0.477 e. The molecule has 2 rings (SSSR count). The van der Waals surface area contributed by atoms with E-state index in [1.54, 1.807) is 0 Å². The summed E-state index contributed by atoms with van der Waals surface area (Å²) in [5, 5.41) is 12.5. The van der Waals surface area contributed by atoms with Crippen LogP contribution < -0.4 is 5.32 Å². The number of hydrogen-bond donors (Lipinski definition) is 2. The topological polar surface area (TPSA) is 62.2 Å². The third-order valence-corrected chi connectivity index (χ3v) is 3.09. The van der Waals surface area contributed by atoms with Gasteiger partial charge in [-0.25, -0.2) is 9.78 Å².